The highest BCUT2D eigenvalue weighted by molar-refractivity contribution is 6.09. The van der Waals surface area contributed by atoms with E-state index in [1.807, 2.05) is 4.90 Å². The predicted octanol–water partition coefficient (Wildman–Crippen LogP) is 2.73. The van der Waals surface area contributed by atoms with Crippen molar-refractivity contribution in [2.45, 2.75) is 25.8 Å². The minimum Gasteiger partial charge on any atom is -0.352 e. The highest BCUT2D eigenvalue weighted by atomic mass is 16.2. The van der Waals surface area contributed by atoms with E-state index in [0.29, 0.717) is 23.4 Å². The smallest absolute Gasteiger partial charge is 0.312 e. The third-order valence-corrected chi connectivity index (χ3v) is 4.73. The average molecular weight is 380 g/mol. The van der Waals surface area contributed by atoms with Crippen molar-refractivity contribution in [1.82, 2.24) is 10.2 Å². The molecule has 3 rings (SSSR count). The van der Waals surface area contributed by atoms with Crippen molar-refractivity contribution in [2.75, 3.05) is 18.4 Å². The second-order valence-electron chi connectivity index (χ2n) is 6.77. The third-order valence-electron chi connectivity index (χ3n) is 4.73. The van der Waals surface area contributed by atoms with Gasteiger partial charge >= 0.3 is 6.03 Å². The van der Waals surface area contributed by atoms with Gasteiger partial charge in [-0.05, 0) is 49.1 Å². The molecule has 0 aliphatic carbocycles. The molecule has 1 aliphatic rings. The van der Waals surface area contributed by atoms with Gasteiger partial charge in [-0.2, -0.15) is 0 Å². The van der Waals surface area contributed by atoms with Gasteiger partial charge in [0.25, 0.3) is 11.8 Å². The highest BCUT2D eigenvalue weighted by Crippen LogP contribution is 2.21. The Morgan fingerprint density at radius 3 is 2.29 bits per heavy atom. The fourth-order valence-electron chi connectivity index (χ4n) is 3.20. The summed E-state index contributed by atoms with van der Waals surface area (Å²) in [7, 11) is 0. The van der Waals surface area contributed by atoms with Crippen LogP contribution in [0.25, 0.3) is 0 Å². The van der Waals surface area contributed by atoms with Crippen LogP contribution in [-0.2, 0) is 6.54 Å². The lowest BCUT2D eigenvalue weighted by Gasteiger charge is -2.27. The van der Waals surface area contributed by atoms with Crippen LogP contribution in [0.1, 0.15) is 45.5 Å². The molecule has 0 aromatic heterocycles. The largest absolute Gasteiger partial charge is 0.352 e. The minimum absolute atomic E-state index is 0.0523. The van der Waals surface area contributed by atoms with Gasteiger partial charge in [-0.3, -0.25) is 9.59 Å². The Morgan fingerprint density at radius 1 is 0.929 bits per heavy atom. The van der Waals surface area contributed by atoms with Crippen LogP contribution in [0.3, 0.4) is 0 Å². The van der Waals surface area contributed by atoms with Gasteiger partial charge in [0, 0.05) is 25.2 Å². The SMILES string of the molecule is NC(=O)NCc1ccc(C(=O)Nc2ccccc2C(=O)N2CCCCC2)cc1. The van der Waals surface area contributed by atoms with Gasteiger partial charge < -0.3 is 21.3 Å². The number of hydrogen-bond acceptors (Lipinski definition) is 3. The number of likely N-dealkylation sites (tertiary alicyclic amines) is 1. The van der Waals surface area contributed by atoms with Crippen molar-refractivity contribution < 1.29 is 14.4 Å². The standard InChI is InChI=1S/C21H24N4O3/c22-21(28)23-14-15-8-10-16(11-9-15)19(26)24-18-7-3-2-6-17(18)20(27)25-12-4-1-5-13-25/h2-3,6-11H,1,4-5,12-14H2,(H,24,26)(H3,22,23,28). The van der Waals surface area contributed by atoms with Crippen molar-refractivity contribution in [2.24, 2.45) is 5.73 Å². The molecule has 4 N–H and O–H groups in total. The number of amides is 4. The summed E-state index contributed by atoms with van der Waals surface area (Å²) in [5, 5.41) is 5.34. The number of urea groups is 1. The third kappa shape index (κ3) is 4.88. The molecule has 1 heterocycles. The van der Waals surface area contributed by atoms with Crippen LogP contribution < -0.4 is 16.4 Å². The fourth-order valence-corrected chi connectivity index (χ4v) is 3.20. The van der Waals surface area contributed by atoms with Crippen molar-refractivity contribution in [3.8, 4) is 0 Å². The monoisotopic (exact) mass is 380 g/mol. The van der Waals surface area contributed by atoms with Crippen LogP contribution in [0.2, 0.25) is 0 Å². The van der Waals surface area contributed by atoms with Crippen molar-refractivity contribution in [1.29, 1.82) is 0 Å². The number of anilines is 1. The first kappa shape index (κ1) is 19.4. The number of carbonyl (C=O) groups is 3. The molecule has 2 aromatic rings. The number of rotatable bonds is 5. The van der Waals surface area contributed by atoms with E-state index in [0.717, 1.165) is 37.9 Å². The van der Waals surface area contributed by atoms with Crippen molar-refractivity contribution >= 4 is 23.5 Å². The van der Waals surface area contributed by atoms with E-state index in [4.69, 9.17) is 5.73 Å². The number of benzene rings is 2. The summed E-state index contributed by atoms with van der Waals surface area (Å²) in [5.74, 6) is -0.350. The predicted molar refractivity (Wildman–Crippen MR) is 107 cm³/mol. The molecule has 0 atom stereocenters. The number of hydrogen-bond donors (Lipinski definition) is 3. The maximum atomic E-state index is 12.8. The second-order valence-corrected chi connectivity index (χ2v) is 6.77. The molecule has 2 aromatic carbocycles. The van der Waals surface area contributed by atoms with Gasteiger partial charge in [0.15, 0.2) is 0 Å². The van der Waals surface area contributed by atoms with Gasteiger partial charge in [-0.1, -0.05) is 24.3 Å². The van der Waals surface area contributed by atoms with Crippen LogP contribution in [0.5, 0.6) is 0 Å². The average Bonchev–Trinajstić information content (AvgIpc) is 2.73. The number of carbonyl (C=O) groups excluding carboxylic acids is 3. The molecule has 1 fully saturated rings. The number of nitrogens with one attached hydrogen (secondary N) is 2. The van der Waals surface area contributed by atoms with Crippen LogP contribution in [0.15, 0.2) is 48.5 Å². The van der Waals surface area contributed by atoms with Crippen molar-refractivity contribution in [3.05, 3.63) is 65.2 Å². The Bertz CT molecular complexity index is 858. The van der Waals surface area contributed by atoms with E-state index in [2.05, 4.69) is 10.6 Å². The number of para-hydroxylation sites is 1. The summed E-state index contributed by atoms with van der Waals surface area (Å²) in [4.78, 5) is 38.1. The zero-order valence-corrected chi connectivity index (χ0v) is 15.6. The molecule has 1 saturated heterocycles. The van der Waals surface area contributed by atoms with E-state index in [1.165, 1.54) is 0 Å². The maximum Gasteiger partial charge on any atom is 0.312 e. The Hall–Kier alpha value is -3.35. The lowest BCUT2D eigenvalue weighted by atomic mass is 10.1. The Balaban J connectivity index is 1.70. The van der Waals surface area contributed by atoms with Crippen molar-refractivity contribution in [3.63, 3.8) is 0 Å². The van der Waals surface area contributed by atoms with Crippen LogP contribution in [-0.4, -0.2) is 35.8 Å². The number of nitrogens with two attached hydrogens (primary N) is 1. The summed E-state index contributed by atoms with van der Waals surface area (Å²) < 4.78 is 0. The van der Waals surface area contributed by atoms with Gasteiger partial charge in [-0.25, -0.2) is 4.79 Å². The first-order valence-corrected chi connectivity index (χ1v) is 9.36. The normalized spacial score (nSPS) is 13.6. The summed E-state index contributed by atoms with van der Waals surface area (Å²) in [6.07, 6.45) is 3.17. The molecular formula is C21H24N4O3. The van der Waals surface area contributed by atoms with E-state index in [9.17, 15) is 14.4 Å². The first-order valence-electron chi connectivity index (χ1n) is 9.36. The number of primary amides is 1. The summed E-state index contributed by atoms with van der Waals surface area (Å²) in [6.45, 7) is 1.80. The molecule has 0 bridgehead atoms. The zero-order valence-electron chi connectivity index (χ0n) is 15.6. The molecule has 0 unspecified atom stereocenters. The first-order chi connectivity index (χ1) is 13.5. The zero-order chi connectivity index (χ0) is 19.9. The Morgan fingerprint density at radius 2 is 1.61 bits per heavy atom. The molecule has 1 aliphatic heterocycles. The summed E-state index contributed by atoms with van der Waals surface area (Å²) >= 11 is 0. The molecule has 0 spiro atoms. The molecule has 0 radical (unpaired) electrons. The second kappa shape index (κ2) is 9.03. The Kier molecular flexibility index (Phi) is 6.26. The quantitative estimate of drug-likeness (QED) is 0.743. The van der Waals surface area contributed by atoms with E-state index in [-0.39, 0.29) is 11.8 Å². The molecule has 0 saturated carbocycles. The van der Waals surface area contributed by atoms with Crippen LogP contribution in [0.4, 0.5) is 10.5 Å². The van der Waals surface area contributed by atoms with E-state index < -0.39 is 6.03 Å². The van der Waals surface area contributed by atoms with E-state index >= 15 is 0 Å². The molecule has 28 heavy (non-hydrogen) atoms. The summed E-state index contributed by atoms with van der Waals surface area (Å²) in [5.41, 5.74) is 7.34. The van der Waals surface area contributed by atoms with Gasteiger partial charge in [0.2, 0.25) is 0 Å². The molecule has 4 amide bonds. The molecule has 146 valence electrons. The topological polar surface area (TPSA) is 105 Å². The number of piperidine rings is 1. The Labute approximate surface area is 163 Å². The van der Waals surface area contributed by atoms with Crippen LogP contribution in [0, 0.1) is 0 Å². The summed E-state index contributed by atoms with van der Waals surface area (Å²) in [6, 6.07) is 13.3. The van der Waals surface area contributed by atoms with Crippen LogP contribution >= 0.6 is 0 Å². The minimum atomic E-state index is -0.600. The highest BCUT2D eigenvalue weighted by Gasteiger charge is 2.21. The van der Waals surface area contributed by atoms with Gasteiger partial charge in [-0.15, -0.1) is 0 Å². The maximum absolute atomic E-state index is 12.8. The molecule has 7 nitrogen and oxygen atoms in total. The van der Waals surface area contributed by atoms with Gasteiger partial charge in [0.05, 0.1) is 11.3 Å². The lowest BCUT2D eigenvalue weighted by Crippen LogP contribution is -2.36. The van der Waals surface area contributed by atoms with Gasteiger partial charge in [0.1, 0.15) is 0 Å². The molecule has 7 heteroatoms. The molecular weight excluding hydrogens is 356 g/mol. The number of nitrogens with zero attached hydrogens (tertiary/aromatic N) is 1. The van der Waals surface area contributed by atoms with E-state index in [1.54, 1.807) is 48.5 Å². The fraction of sp³-hybridized carbons (Fsp3) is 0.286. The lowest BCUT2D eigenvalue weighted by molar-refractivity contribution is 0.0725.